The number of H-pyrrole nitrogens is 1. The fourth-order valence-corrected chi connectivity index (χ4v) is 5.18. The lowest BCUT2D eigenvalue weighted by atomic mass is 9.77. The average Bonchev–Trinajstić information content (AvgIpc) is 3.28. The zero-order valence-corrected chi connectivity index (χ0v) is 19.6. The SMILES string of the molecule is CCNc1ccc2nc(-c3ccc(-c4ccc(C5CCC(CC(=O)O)CC5)cc4)cc3)[nH]c2c1. The van der Waals surface area contributed by atoms with E-state index in [0.717, 1.165) is 60.3 Å². The van der Waals surface area contributed by atoms with Crippen LogP contribution in [0.25, 0.3) is 33.5 Å². The van der Waals surface area contributed by atoms with Crippen LogP contribution >= 0.6 is 0 Å². The number of imidazole rings is 1. The van der Waals surface area contributed by atoms with E-state index in [9.17, 15) is 4.79 Å². The van der Waals surface area contributed by atoms with Crippen molar-refractivity contribution in [2.75, 3.05) is 11.9 Å². The minimum atomic E-state index is -0.669. The summed E-state index contributed by atoms with van der Waals surface area (Å²) < 4.78 is 0. The van der Waals surface area contributed by atoms with Crippen molar-refractivity contribution in [1.29, 1.82) is 0 Å². The highest BCUT2D eigenvalue weighted by Crippen LogP contribution is 2.37. The van der Waals surface area contributed by atoms with Crippen LogP contribution in [0, 0.1) is 5.92 Å². The molecular formula is C29H31N3O2. The molecule has 1 aliphatic rings. The first-order chi connectivity index (χ1) is 16.6. The van der Waals surface area contributed by atoms with Gasteiger partial charge in [0, 0.05) is 24.2 Å². The van der Waals surface area contributed by atoms with Gasteiger partial charge in [-0.3, -0.25) is 4.79 Å². The van der Waals surface area contributed by atoms with Gasteiger partial charge in [-0.15, -0.1) is 0 Å². The van der Waals surface area contributed by atoms with E-state index in [4.69, 9.17) is 10.1 Å². The van der Waals surface area contributed by atoms with Crippen LogP contribution in [0.2, 0.25) is 0 Å². The van der Waals surface area contributed by atoms with Crippen LogP contribution in [-0.4, -0.2) is 27.6 Å². The summed E-state index contributed by atoms with van der Waals surface area (Å²) in [6, 6.07) is 23.6. The van der Waals surface area contributed by atoms with Crippen molar-refractivity contribution in [3.05, 3.63) is 72.3 Å². The van der Waals surface area contributed by atoms with Crippen molar-refractivity contribution in [2.24, 2.45) is 5.92 Å². The third-order valence-electron chi connectivity index (χ3n) is 7.05. The van der Waals surface area contributed by atoms with E-state index >= 15 is 0 Å². The number of anilines is 1. The van der Waals surface area contributed by atoms with Gasteiger partial charge in [0.2, 0.25) is 0 Å². The van der Waals surface area contributed by atoms with Crippen molar-refractivity contribution in [3.63, 3.8) is 0 Å². The lowest BCUT2D eigenvalue weighted by Gasteiger charge is -2.28. The highest BCUT2D eigenvalue weighted by Gasteiger charge is 2.23. The van der Waals surface area contributed by atoms with Gasteiger partial charge in [-0.2, -0.15) is 0 Å². The van der Waals surface area contributed by atoms with Crippen LogP contribution < -0.4 is 5.32 Å². The normalized spacial score (nSPS) is 18.1. The standard InChI is InChI=1S/C29H31N3O2/c1-2-30-25-15-16-26-27(18-25)32-29(31-26)24-13-11-23(12-14-24)22-9-7-21(8-10-22)20-5-3-19(4-6-20)17-28(33)34/h7-16,18-20,30H,2-6,17H2,1H3,(H,31,32)(H,33,34). The van der Waals surface area contributed by atoms with E-state index in [1.54, 1.807) is 0 Å². The van der Waals surface area contributed by atoms with Gasteiger partial charge in [-0.1, -0.05) is 48.5 Å². The van der Waals surface area contributed by atoms with Crippen LogP contribution in [0.1, 0.15) is 50.5 Å². The minimum absolute atomic E-state index is 0.312. The average molecular weight is 454 g/mol. The first kappa shape index (κ1) is 22.2. The Labute approximate surface area is 200 Å². The number of benzene rings is 3. The fourth-order valence-electron chi connectivity index (χ4n) is 5.18. The molecule has 5 heteroatoms. The summed E-state index contributed by atoms with van der Waals surface area (Å²) in [6.45, 7) is 2.98. The molecule has 0 aliphatic heterocycles. The van der Waals surface area contributed by atoms with Crippen molar-refractivity contribution >= 4 is 22.7 Å². The molecule has 1 aliphatic carbocycles. The molecule has 0 saturated heterocycles. The van der Waals surface area contributed by atoms with Gasteiger partial charge < -0.3 is 15.4 Å². The zero-order valence-electron chi connectivity index (χ0n) is 19.6. The number of hydrogen-bond donors (Lipinski definition) is 3. The molecule has 0 radical (unpaired) electrons. The smallest absolute Gasteiger partial charge is 0.303 e. The van der Waals surface area contributed by atoms with E-state index in [1.165, 1.54) is 16.7 Å². The first-order valence-corrected chi connectivity index (χ1v) is 12.2. The Hall–Kier alpha value is -3.60. The van der Waals surface area contributed by atoms with Crippen molar-refractivity contribution in [2.45, 2.75) is 44.9 Å². The zero-order chi connectivity index (χ0) is 23.5. The Morgan fingerprint density at radius 2 is 1.59 bits per heavy atom. The minimum Gasteiger partial charge on any atom is -0.481 e. The molecule has 0 amide bonds. The third-order valence-corrected chi connectivity index (χ3v) is 7.05. The second kappa shape index (κ2) is 9.72. The van der Waals surface area contributed by atoms with Crippen molar-refractivity contribution in [3.8, 4) is 22.5 Å². The number of aromatic amines is 1. The van der Waals surface area contributed by atoms with Crippen molar-refractivity contribution < 1.29 is 9.90 Å². The predicted molar refractivity (Wildman–Crippen MR) is 138 cm³/mol. The van der Waals surface area contributed by atoms with Crippen molar-refractivity contribution in [1.82, 2.24) is 9.97 Å². The van der Waals surface area contributed by atoms with E-state index in [1.807, 2.05) is 6.07 Å². The Morgan fingerprint density at radius 3 is 2.24 bits per heavy atom. The maximum atomic E-state index is 11.0. The van der Waals surface area contributed by atoms with Gasteiger partial charge in [0.1, 0.15) is 5.82 Å². The molecule has 3 aromatic carbocycles. The van der Waals surface area contributed by atoms with E-state index < -0.39 is 5.97 Å². The van der Waals surface area contributed by atoms with Gasteiger partial charge in [-0.05, 0) is 79.3 Å². The summed E-state index contributed by atoms with van der Waals surface area (Å²) in [5.74, 6) is 1.09. The molecule has 1 heterocycles. The number of fused-ring (bicyclic) bond motifs is 1. The van der Waals surface area contributed by atoms with Crippen LogP contribution in [0.3, 0.4) is 0 Å². The second-order valence-corrected chi connectivity index (χ2v) is 9.36. The summed E-state index contributed by atoms with van der Waals surface area (Å²) in [5.41, 5.74) is 7.92. The molecule has 174 valence electrons. The summed E-state index contributed by atoms with van der Waals surface area (Å²) >= 11 is 0. The number of carboxylic acids is 1. The molecule has 5 rings (SSSR count). The molecule has 1 aromatic heterocycles. The number of carbonyl (C=O) groups is 1. The molecule has 1 saturated carbocycles. The van der Waals surface area contributed by atoms with Gasteiger partial charge in [-0.25, -0.2) is 4.98 Å². The summed E-state index contributed by atoms with van der Waals surface area (Å²) in [4.78, 5) is 19.2. The Bertz CT molecular complexity index is 1270. The van der Waals surface area contributed by atoms with Gasteiger partial charge >= 0.3 is 5.97 Å². The highest BCUT2D eigenvalue weighted by atomic mass is 16.4. The largest absolute Gasteiger partial charge is 0.481 e. The maximum Gasteiger partial charge on any atom is 0.303 e. The maximum absolute atomic E-state index is 11.0. The molecule has 4 aromatic rings. The van der Waals surface area contributed by atoms with Crippen LogP contribution in [-0.2, 0) is 4.79 Å². The van der Waals surface area contributed by atoms with Crippen LogP contribution in [0.4, 0.5) is 5.69 Å². The fraction of sp³-hybridized carbons (Fsp3) is 0.310. The molecule has 0 bridgehead atoms. The lowest BCUT2D eigenvalue weighted by Crippen LogP contribution is -2.16. The highest BCUT2D eigenvalue weighted by molar-refractivity contribution is 5.83. The first-order valence-electron chi connectivity index (χ1n) is 12.2. The van der Waals surface area contributed by atoms with Crippen LogP contribution in [0.15, 0.2) is 66.7 Å². The molecule has 0 spiro atoms. The molecule has 3 N–H and O–H groups in total. The summed E-state index contributed by atoms with van der Waals surface area (Å²) in [5, 5.41) is 12.4. The lowest BCUT2D eigenvalue weighted by molar-refractivity contribution is -0.138. The molecule has 0 atom stereocenters. The quantitative estimate of drug-likeness (QED) is 0.279. The molecule has 1 fully saturated rings. The van der Waals surface area contributed by atoms with E-state index in [-0.39, 0.29) is 0 Å². The molecular weight excluding hydrogens is 422 g/mol. The number of aromatic nitrogens is 2. The molecule has 5 nitrogen and oxygen atoms in total. The Balaban J connectivity index is 1.27. The number of hydrogen-bond acceptors (Lipinski definition) is 3. The predicted octanol–water partition coefficient (Wildman–Crippen LogP) is 7.08. The number of nitrogens with one attached hydrogen (secondary N) is 2. The Morgan fingerprint density at radius 1 is 0.941 bits per heavy atom. The monoisotopic (exact) mass is 453 g/mol. The topological polar surface area (TPSA) is 78.0 Å². The van der Waals surface area contributed by atoms with Gasteiger partial charge in [0.25, 0.3) is 0 Å². The van der Waals surface area contributed by atoms with Gasteiger partial charge in [0.15, 0.2) is 0 Å². The van der Waals surface area contributed by atoms with E-state index in [2.05, 4.69) is 77.9 Å². The number of carboxylic acid groups (broad SMARTS) is 1. The van der Waals surface area contributed by atoms with E-state index in [0.29, 0.717) is 18.3 Å². The molecule has 0 unspecified atom stereocenters. The number of aliphatic carboxylic acids is 1. The summed E-state index contributed by atoms with van der Waals surface area (Å²) in [7, 11) is 0. The second-order valence-electron chi connectivity index (χ2n) is 9.36. The third kappa shape index (κ3) is 4.84. The molecule has 34 heavy (non-hydrogen) atoms. The van der Waals surface area contributed by atoms with Crippen LogP contribution in [0.5, 0.6) is 0 Å². The summed E-state index contributed by atoms with van der Waals surface area (Å²) in [6.07, 6.45) is 4.50. The van der Waals surface area contributed by atoms with Gasteiger partial charge in [0.05, 0.1) is 11.0 Å². The number of nitrogens with zero attached hydrogens (tertiary/aromatic N) is 1. The number of rotatable bonds is 7. The Kier molecular flexibility index (Phi) is 6.35.